The van der Waals surface area contributed by atoms with Gasteiger partial charge in [0.1, 0.15) is 0 Å². The molecular formula is C11H20N4OS. The van der Waals surface area contributed by atoms with Gasteiger partial charge in [0.05, 0.1) is 6.04 Å². The van der Waals surface area contributed by atoms with Gasteiger partial charge in [-0.3, -0.25) is 0 Å². The van der Waals surface area contributed by atoms with Crippen LogP contribution in [-0.4, -0.2) is 27.7 Å². The van der Waals surface area contributed by atoms with Crippen LogP contribution in [0.15, 0.2) is 4.42 Å². The van der Waals surface area contributed by atoms with Gasteiger partial charge in [0, 0.05) is 11.3 Å². The summed E-state index contributed by atoms with van der Waals surface area (Å²) in [4.78, 5) is 0. The fourth-order valence-electron chi connectivity index (χ4n) is 2.20. The van der Waals surface area contributed by atoms with Gasteiger partial charge in [-0.1, -0.05) is 17.9 Å². The average Bonchev–Trinajstić information content (AvgIpc) is 2.96. The third-order valence-electron chi connectivity index (χ3n) is 3.34. The Hall–Kier alpha value is -0.750. The number of nitrogens with zero attached hydrogens (tertiary/aromatic N) is 2. The van der Waals surface area contributed by atoms with Gasteiger partial charge < -0.3 is 15.5 Å². The molecule has 0 amide bonds. The molecule has 1 unspecified atom stereocenters. The van der Waals surface area contributed by atoms with Crippen molar-refractivity contribution >= 4 is 17.8 Å². The minimum atomic E-state index is -0.209. The summed E-state index contributed by atoms with van der Waals surface area (Å²) in [5.41, 5.74) is 5.67. The van der Waals surface area contributed by atoms with E-state index in [-0.39, 0.29) is 6.04 Å². The van der Waals surface area contributed by atoms with Gasteiger partial charge in [-0.25, -0.2) is 0 Å². The Morgan fingerprint density at radius 2 is 2.18 bits per heavy atom. The molecule has 0 radical (unpaired) electrons. The van der Waals surface area contributed by atoms with Crippen molar-refractivity contribution in [2.24, 2.45) is 5.73 Å². The maximum atomic E-state index is 5.67. The van der Waals surface area contributed by atoms with E-state index in [0.29, 0.717) is 16.7 Å². The fraction of sp³-hybridized carbons (Fsp3) is 0.818. The molecule has 0 aromatic carbocycles. The topological polar surface area (TPSA) is 77.0 Å². The lowest BCUT2D eigenvalue weighted by molar-refractivity contribution is 0.470. The third-order valence-corrected chi connectivity index (χ3v) is 4.76. The molecule has 96 valence electrons. The maximum Gasteiger partial charge on any atom is 0.315 e. The van der Waals surface area contributed by atoms with Crippen molar-refractivity contribution in [1.82, 2.24) is 10.2 Å². The molecule has 1 aliphatic rings. The van der Waals surface area contributed by atoms with E-state index in [1.54, 1.807) is 0 Å². The van der Waals surface area contributed by atoms with Crippen molar-refractivity contribution in [2.45, 2.75) is 43.4 Å². The largest absolute Gasteiger partial charge is 0.406 e. The summed E-state index contributed by atoms with van der Waals surface area (Å²) < 4.78 is 5.76. The van der Waals surface area contributed by atoms with Crippen LogP contribution in [0.5, 0.6) is 0 Å². The van der Waals surface area contributed by atoms with Crippen LogP contribution in [0, 0.1) is 0 Å². The van der Waals surface area contributed by atoms with Crippen LogP contribution in [0.1, 0.15) is 44.5 Å². The summed E-state index contributed by atoms with van der Waals surface area (Å²) in [7, 11) is 0. The zero-order valence-corrected chi connectivity index (χ0v) is 11.2. The summed E-state index contributed by atoms with van der Waals surface area (Å²) >= 11 is 1.94. The molecule has 17 heavy (non-hydrogen) atoms. The highest BCUT2D eigenvalue weighted by molar-refractivity contribution is 8.00. The number of nitrogens with one attached hydrogen (secondary N) is 1. The second-order valence-corrected chi connectivity index (χ2v) is 5.96. The Kier molecular flexibility index (Phi) is 3.93. The number of thioether (sulfide) groups is 1. The second-order valence-electron chi connectivity index (χ2n) is 4.68. The first-order valence-electron chi connectivity index (χ1n) is 6.03. The summed E-state index contributed by atoms with van der Waals surface area (Å²) in [5, 5.41) is 11.1. The number of aromatic nitrogens is 2. The number of nitrogens with two attached hydrogens (primary N) is 1. The lowest BCUT2D eigenvalue weighted by Crippen LogP contribution is -2.30. The smallest absolute Gasteiger partial charge is 0.315 e. The quantitative estimate of drug-likeness (QED) is 0.841. The Bertz CT molecular complexity index is 360. The molecule has 1 saturated carbocycles. The summed E-state index contributed by atoms with van der Waals surface area (Å²) in [6.07, 6.45) is 7.33. The van der Waals surface area contributed by atoms with Gasteiger partial charge in [-0.2, -0.15) is 11.8 Å². The van der Waals surface area contributed by atoms with Crippen molar-refractivity contribution in [3.8, 4) is 0 Å². The van der Waals surface area contributed by atoms with Gasteiger partial charge in [0.2, 0.25) is 5.89 Å². The van der Waals surface area contributed by atoms with E-state index in [0.717, 1.165) is 6.54 Å². The standard InChI is InChI=1S/C11H20N4OS/c1-8(12)9-14-15-10(16-9)13-7-11(17-2)5-3-4-6-11/h8H,3-7,12H2,1-2H3,(H,13,15). The van der Waals surface area contributed by atoms with Crippen molar-refractivity contribution in [3.05, 3.63) is 5.89 Å². The van der Waals surface area contributed by atoms with E-state index in [4.69, 9.17) is 10.2 Å². The first kappa shape index (κ1) is 12.7. The van der Waals surface area contributed by atoms with E-state index in [1.165, 1.54) is 25.7 Å². The minimum absolute atomic E-state index is 0.209. The monoisotopic (exact) mass is 256 g/mol. The number of hydrogen-bond donors (Lipinski definition) is 2. The molecule has 0 spiro atoms. The molecule has 1 aromatic heterocycles. The van der Waals surface area contributed by atoms with E-state index >= 15 is 0 Å². The highest BCUT2D eigenvalue weighted by Gasteiger charge is 2.33. The SMILES string of the molecule is CSC1(CNc2nnc(C(C)N)o2)CCCC1. The fourth-order valence-corrected chi connectivity index (χ4v) is 3.11. The first-order chi connectivity index (χ1) is 8.15. The first-order valence-corrected chi connectivity index (χ1v) is 7.26. The molecule has 5 nitrogen and oxygen atoms in total. The predicted octanol–water partition coefficient (Wildman–Crippen LogP) is 2.18. The molecular weight excluding hydrogens is 236 g/mol. The van der Waals surface area contributed by atoms with Gasteiger partial charge >= 0.3 is 6.01 Å². The van der Waals surface area contributed by atoms with Crippen molar-refractivity contribution in [2.75, 3.05) is 18.1 Å². The summed E-state index contributed by atoms with van der Waals surface area (Å²) in [6.45, 7) is 2.71. The average molecular weight is 256 g/mol. The Labute approximate surface area is 106 Å². The molecule has 3 N–H and O–H groups in total. The van der Waals surface area contributed by atoms with Gasteiger partial charge in [0.15, 0.2) is 0 Å². The third kappa shape index (κ3) is 2.93. The van der Waals surface area contributed by atoms with E-state index < -0.39 is 0 Å². The van der Waals surface area contributed by atoms with Crippen molar-refractivity contribution in [1.29, 1.82) is 0 Å². The predicted molar refractivity (Wildman–Crippen MR) is 70.1 cm³/mol. The molecule has 2 rings (SSSR count). The molecule has 6 heteroatoms. The van der Waals surface area contributed by atoms with E-state index in [2.05, 4.69) is 21.8 Å². The van der Waals surface area contributed by atoms with Crippen molar-refractivity contribution in [3.63, 3.8) is 0 Å². The maximum absolute atomic E-state index is 5.67. The van der Waals surface area contributed by atoms with Crippen LogP contribution in [-0.2, 0) is 0 Å². The molecule has 1 heterocycles. The molecule has 1 aromatic rings. The zero-order chi connectivity index (χ0) is 12.3. The molecule has 1 aliphatic carbocycles. The van der Waals surface area contributed by atoms with Crippen molar-refractivity contribution < 1.29 is 4.42 Å². The van der Waals surface area contributed by atoms with Crippen LogP contribution in [0.2, 0.25) is 0 Å². The minimum Gasteiger partial charge on any atom is -0.406 e. The van der Waals surface area contributed by atoms with Gasteiger partial charge in [0.25, 0.3) is 0 Å². The van der Waals surface area contributed by atoms with E-state index in [9.17, 15) is 0 Å². The highest BCUT2D eigenvalue weighted by atomic mass is 32.2. The van der Waals surface area contributed by atoms with Gasteiger partial charge in [-0.15, -0.1) is 5.10 Å². The number of hydrogen-bond acceptors (Lipinski definition) is 6. The highest BCUT2D eigenvalue weighted by Crippen LogP contribution is 2.40. The molecule has 1 atom stereocenters. The molecule has 0 bridgehead atoms. The molecule has 1 fully saturated rings. The molecule has 0 saturated heterocycles. The lowest BCUT2D eigenvalue weighted by atomic mass is 10.1. The van der Waals surface area contributed by atoms with Crippen LogP contribution < -0.4 is 11.1 Å². The van der Waals surface area contributed by atoms with Gasteiger partial charge in [-0.05, 0) is 26.0 Å². The van der Waals surface area contributed by atoms with Crippen LogP contribution >= 0.6 is 11.8 Å². The van der Waals surface area contributed by atoms with Crippen LogP contribution in [0.4, 0.5) is 6.01 Å². The van der Waals surface area contributed by atoms with Crippen LogP contribution in [0.25, 0.3) is 0 Å². The van der Waals surface area contributed by atoms with Crippen LogP contribution in [0.3, 0.4) is 0 Å². The van der Waals surface area contributed by atoms with E-state index in [1.807, 2.05) is 18.7 Å². The Balaban J connectivity index is 1.92. The summed E-state index contributed by atoms with van der Waals surface area (Å²) in [6, 6.07) is 0.275. The summed E-state index contributed by atoms with van der Waals surface area (Å²) in [5.74, 6) is 0.483. The second kappa shape index (κ2) is 5.27. The molecule has 0 aliphatic heterocycles. The zero-order valence-electron chi connectivity index (χ0n) is 10.4. The lowest BCUT2D eigenvalue weighted by Gasteiger charge is -2.26. The Morgan fingerprint density at radius 1 is 1.47 bits per heavy atom. The number of rotatable bonds is 5. The normalized spacial score (nSPS) is 20.4. The number of anilines is 1. The Morgan fingerprint density at radius 3 is 2.71 bits per heavy atom.